The minimum Gasteiger partial charge on any atom is -0.480 e. The van der Waals surface area contributed by atoms with Crippen molar-refractivity contribution in [2.45, 2.75) is 30.4 Å². The van der Waals surface area contributed by atoms with E-state index in [1.807, 2.05) is 6.07 Å². The predicted molar refractivity (Wildman–Crippen MR) is 128 cm³/mol. The maximum atomic E-state index is 13.0. The molecule has 13 heteroatoms. The minimum absolute atomic E-state index is 0.0165. The van der Waals surface area contributed by atoms with E-state index in [9.17, 15) is 27.9 Å². The lowest BCUT2D eigenvalue weighted by Crippen LogP contribution is -2.50. The molecule has 0 bridgehead atoms. The van der Waals surface area contributed by atoms with Crippen LogP contribution in [0.5, 0.6) is 11.5 Å². The highest BCUT2D eigenvalue weighted by atomic mass is 32.2. The molecule has 0 aromatic heterocycles. The first-order valence-corrected chi connectivity index (χ1v) is 13.1. The number of carboxylic acid groups (broad SMARTS) is 1. The number of hydrogen-bond donors (Lipinski definition) is 2. The van der Waals surface area contributed by atoms with E-state index in [1.165, 1.54) is 21.3 Å². The van der Waals surface area contributed by atoms with Gasteiger partial charge < -0.3 is 29.5 Å². The molecule has 2 aromatic rings. The Kier molecular flexibility index (Phi) is 8.14. The van der Waals surface area contributed by atoms with Crippen LogP contribution in [-0.2, 0) is 31.0 Å². The Balaban J connectivity index is 1.24. The van der Waals surface area contributed by atoms with Gasteiger partial charge in [0.1, 0.15) is 12.6 Å². The number of nitrogens with one attached hydrogen (secondary N) is 1. The van der Waals surface area contributed by atoms with Crippen LogP contribution in [0.4, 0.5) is 4.79 Å². The van der Waals surface area contributed by atoms with E-state index < -0.39 is 28.1 Å². The Bertz CT molecular complexity index is 1250. The van der Waals surface area contributed by atoms with Crippen LogP contribution in [0.2, 0.25) is 0 Å². The van der Waals surface area contributed by atoms with Crippen molar-refractivity contribution >= 4 is 28.0 Å². The van der Waals surface area contributed by atoms with Crippen LogP contribution in [-0.4, -0.2) is 79.7 Å². The van der Waals surface area contributed by atoms with Crippen molar-refractivity contribution in [2.75, 3.05) is 33.0 Å². The molecule has 1 saturated heterocycles. The summed E-state index contributed by atoms with van der Waals surface area (Å²) in [6.07, 6.45) is -1.17. The largest absolute Gasteiger partial charge is 0.480 e. The molecule has 2 aliphatic heterocycles. The highest BCUT2D eigenvalue weighted by Gasteiger charge is 2.32. The number of benzene rings is 2. The summed E-state index contributed by atoms with van der Waals surface area (Å²) >= 11 is 0. The number of sulfonamides is 1. The third-order valence-corrected chi connectivity index (χ3v) is 7.92. The van der Waals surface area contributed by atoms with Crippen LogP contribution >= 0.6 is 0 Å². The second-order valence-electron chi connectivity index (χ2n) is 8.44. The van der Waals surface area contributed by atoms with Crippen molar-refractivity contribution in [1.29, 1.82) is 0 Å². The lowest BCUT2D eigenvalue weighted by molar-refractivity contribution is -0.140. The van der Waals surface area contributed by atoms with Crippen molar-refractivity contribution < 1.29 is 42.1 Å². The fraction of sp³-hybridized carbons (Fsp3) is 0.375. The van der Waals surface area contributed by atoms with Crippen LogP contribution in [0, 0.1) is 0 Å². The Morgan fingerprint density at radius 2 is 1.70 bits per heavy atom. The predicted octanol–water partition coefficient (Wildman–Crippen LogP) is 1.41. The number of aliphatic carboxylic acids is 1. The molecule has 0 spiro atoms. The van der Waals surface area contributed by atoms with Gasteiger partial charge in [-0.3, -0.25) is 4.79 Å². The summed E-state index contributed by atoms with van der Waals surface area (Å²) in [4.78, 5) is 37.8. The number of nitrogens with zero attached hydrogens (tertiary/aromatic N) is 2. The molecule has 2 aromatic carbocycles. The zero-order chi connectivity index (χ0) is 26.4. The van der Waals surface area contributed by atoms with Gasteiger partial charge in [0.05, 0.1) is 4.90 Å². The van der Waals surface area contributed by atoms with Gasteiger partial charge in [-0.15, -0.1) is 0 Å². The average molecular weight is 534 g/mol. The molecule has 0 saturated carbocycles. The molecule has 0 unspecified atom stereocenters. The SMILES string of the molecule is O=C(N[C@@H](CCC(=O)N1CCN(S(=O)(=O)c2ccc3c(c2)OCO3)CC1)C(=O)O)OCc1ccccc1. The molecular formula is C24H27N3O9S. The first kappa shape index (κ1) is 26.2. The summed E-state index contributed by atoms with van der Waals surface area (Å²) < 4.78 is 42.8. The Morgan fingerprint density at radius 1 is 1.00 bits per heavy atom. The molecule has 2 aliphatic rings. The zero-order valence-corrected chi connectivity index (χ0v) is 20.7. The van der Waals surface area contributed by atoms with Crippen LogP contribution in [0.1, 0.15) is 18.4 Å². The third kappa shape index (κ3) is 6.49. The molecule has 4 rings (SSSR count). The topological polar surface area (TPSA) is 152 Å². The van der Waals surface area contributed by atoms with Gasteiger partial charge in [-0.25, -0.2) is 18.0 Å². The second-order valence-corrected chi connectivity index (χ2v) is 10.4. The standard InChI is InChI=1S/C24H27N3O9S/c28-22(9-7-19(23(29)30)25-24(31)34-15-17-4-2-1-3-5-17)26-10-12-27(13-11-26)37(32,33)18-6-8-20-21(14-18)36-16-35-20/h1-6,8,14,19H,7,9-13,15-16H2,(H,25,31)(H,29,30)/t19-/m0/s1. The van der Waals surface area contributed by atoms with Crippen LogP contribution in [0.15, 0.2) is 53.4 Å². The van der Waals surface area contributed by atoms with E-state index >= 15 is 0 Å². The van der Waals surface area contributed by atoms with Crippen molar-refractivity contribution in [1.82, 2.24) is 14.5 Å². The van der Waals surface area contributed by atoms with Crippen molar-refractivity contribution in [3.8, 4) is 11.5 Å². The number of rotatable bonds is 9. The van der Waals surface area contributed by atoms with Gasteiger partial charge in [-0.1, -0.05) is 30.3 Å². The molecule has 1 atom stereocenters. The first-order chi connectivity index (χ1) is 17.7. The Labute approximate surface area is 213 Å². The van der Waals surface area contributed by atoms with E-state index in [0.717, 1.165) is 5.56 Å². The summed E-state index contributed by atoms with van der Waals surface area (Å²) in [5.41, 5.74) is 0.749. The average Bonchev–Trinajstić information content (AvgIpc) is 3.38. The first-order valence-electron chi connectivity index (χ1n) is 11.6. The van der Waals surface area contributed by atoms with E-state index in [0.29, 0.717) is 11.5 Å². The number of ether oxygens (including phenoxy) is 3. The van der Waals surface area contributed by atoms with Crippen LogP contribution in [0.3, 0.4) is 0 Å². The van der Waals surface area contributed by atoms with E-state index in [4.69, 9.17) is 14.2 Å². The number of carbonyl (C=O) groups excluding carboxylic acids is 2. The molecule has 1 fully saturated rings. The second kappa shape index (κ2) is 11.5. The summed E-state index contributed by atoms with van der Waals surface area (Å²) in [5, 5.41) is 11.7. The van der Waals surface area contributed by atoms with Gasteiger partial charge >= 0.3 is 12.1 Å². The molecular weight excluding hydrogens is 506 g/mol. The molecule has 198 valence electrons. The number of piperazine rings is 1. The Morgan fingerprint density at radius 3 is 2.41 bits per heavy atom. The van der Waals surface area contributed by atoms with Crippen LogP contribution in [0.25, 0.3) is 0 Å². The van der Waals surface area contributed by atoms with Gasteiger partial charge in [0.2, 0.25) is 22.7 Å². The zero-order valence-electron chi connectivity index (χ0n) is 19.9. The van der Waals surface area contributed by atoms with E-state index in [1.54, 1.807) is 30.3 Å². The molecule has 2 heterocycles. The number of carbonyl (C=O) groups is 3. The van der Waals surface area contributed by atoms with Gasteiger partial charge in [-0.05, 0) is 24.1 Å². The third-order valence-electron chi connectivity index (χ3n) is 6.02. The highest BCUT2D eigenvalue weighted by molar-refractivity contribution is 7.89. The normalized spacial score (nSPS) is 16.2. The van der Waals surface area contributed by atoms with Crippen molar-refractivity contribution in [2.24, 2.45) is 0 Å². The fourth-order valence-corrected chi connectivity index (χ4v) is 5.39. The van der Waals surface area contributed by atoms with Gasteiger partial charge in [0, 0.05) is 38.7 Å². The van der Waals surface area contributed by atoms with E-state index in [-0.39, 0.29) is 63.2 Å². The fourth-order valence-electron chi connectivity index (χ4n) is 3.95. The minimum atomic E-state index is -3.79. The summed E-state index contributed by atoms with van der Waals surface area (Å²) in [7, 11) is -3.79. The quantitative estimate of drug-likeness (QED) is 0.487. The van der Waals surface area contributed by atoms with Gasteiger partial charge in [-0.2, -0.15) is 4.31 Å². The molecule has 2 amide bonds. The number of fused-ring (bicyclic) bond motifs is 1. The monoisotopic (exact) mass is 533 g/mol. The number of carboxylic acids is 1. The van der Waals surface area contributed by atoms with Crippen molar-refractivity contribution in [3.05, 3.63) is 54.1 Å². The van der Waals surface area contributed by atoms with Crippen LogP contribution < -0.4 is 14.8 Å². The van der Waals surface area contributed by atoms with Crippen molar-refractivity contribution in [3.63, 3.8) is 0 Å². The number of alkyl carbamates (subject to hydrolysis) is 1. The molecule has 37 heavy (non-hydrogen) atoms. The highest BCUT2D eigenvalue weighted by Crippen LogP contribution is 2.34. The lowest BCUT2D eigenvalue weighted by Gasteiger charge is -2.34. The summed E-state index contributed by atoms with van der Waals surface area (Å²) in [6, 6.07) is 12.0. The lowest BCUT2D eigenvalue weighted by atomic mass is 10.1. The Hall–Kier alpha value is -3.84. The summed E-state index contributed by atoms with van der Waals surface area (Å²) in [5.74, 6) is -0.775. The maximum absolute atomic E-state index is 13.0. The number of hydrogen-bond acceptors (Lipinski definition) is 8. The molecule has 0 aliphatic carbocycles. The molecule has 2 N–H and O–H groups in total. The number of amides is 2. The van der Waals surface area contributed by atoms with Gasteiger partial charge in [0.25, 0.3) is 0 Å². The molecule has 12 nitrogen and oxygen atoms in total. The smallest absolute Gasteiger partial charge is 0.408 e. The maximum Gasteiger partial charge on any atom is 0.408 e. The van der Waals surface area contributed by atoms with E-state index in [2.05, 4.69) is 5.32 Å². The molecule has 0 radical (unpaired) electrons. The summed E-state index contributed by atoms with van der Waals surface area (Å²) in [6.45, 7) is 0.522. The van der Waals surface area contributed by atoms with Gasteiger partial charge in [0.15, 0.2) is 11.5 Å².